The summed E-state index contributed by atoms with van der Waals surface area (Å²) >= 11 is 0. The molecule has 1 saturated heterocycles. The molecule has 2 aliphatic rings. The number of amides is 1. The third kappa shape index (κ3) is 2.85. The molecule has 0 radical (unpaired) electrons. The second-order valence-corrected chi connectivity index (χ2v) is 7.51. The highest BCUT2D eigenvalue weighted by Crippen LogP contribution is 2.35. The van der Waals surface area contributed by atoms with E-state index in [2.05, 4.69) is 35.2 Å². The van der Waals surface area contributed by atoms with E-state index >= 15 is 0 Å². The molecule has 0 unspecified atom stereocenters. The Morgan fingerprint density at radius 1 is 1.15 bits per heavy atom. The standard InChI is InChI=1S/C21H22N4O2/c1-14-19(15-4-5-16-9-23-13-24(16)12-15)10-22-11-20(14)27-18-7-17(8-18)25-6-2-3-21(25)26/h4-5,9-13,17-18H,2-3,6-8H2,1H3. The van der Waals surface area contributed by atoms with E-state index in [1.54, 1.807) is 12.5 Å². The minimum absolute atomic E-state index is 0.162. The van der Waals surface area contributed by atoms with Crippen LogP contribution in [0.1, 0.15) is 31.2 Å². The van der Waals surface area contributed by atoms with Gasteiger partial charge in [0.1, 0.15) is 11.9 Å². The van der Waals surface area contributed by atoms with Gasteiger partial charge in [-0.1, -0.05) is 6.07 Å². The van der Waals surface area contributed by atoms with Gasteiger partial charge < -0.3 is 14.0 Å². The molecule has 5 rings (SSSR count). The number of pyridine rings is 2. The monoisotopic (exact) mass is 362 g/mol. The minimum Gasteiger partial charge on any atom is -0.488 e. The van der Waals surface area contributed by atoms with Crippen LogP contribution in [0.4, 0.5) is 0 Å². The molecule has 3 aromatic heterocycles. The van der Waals surface area contributed by atoms with Crippen molar-refractivity contribution in [3.05, 3.63) is 48.8 Å². The van der Waals surface area contributed by atoms with Crippen molar-refractivity contribution in [2.24, 2.45) is 0 Å². The number of carbonyl (C=O) groups excluding carboxylic acids is 1. The van der Waals surface area contributed by atoms with Crippen LogP contribution in [0.25, 0.3) is 16.6 Å². The van der Waals surface area contributed by atoms with Crippen LogP contribution in [0.3, 0.4) is 0 Å². The molecule has 0 atom stereocenters. The van der Waals surface area contributed by atoms with Gasteiger partial charge in [-0.05, 0) is 19.4 Å². The molecule has 138 valence electrons. The van der Waals surface area contributed by atoms with Crippen molar-refractivity contribution in [1.29, 1.82) is 0 Å². The van der Waals surface area contributed by atoms with E-state index in [1.807, 2.05) is 21.7 Å². The van der Waals surface area contributed by atoms with E-state index in [0.29, 0.717) is 18.4 Å². The molecule has 6 nitrogen and oxygen atoms in total. The number of ether oxygens (including phenoxy) is 1. The summed E-state index contributed by atoms with van der Waals surface area (Å²) in [6, 6.07) is 4.49. The Bertz CT molecular complexity index is 1010. The normalized spacial score (nSPS) is 22.3. The summed E-state index contributed by atoms with van der Waals surface area (Å²) in [7, 11) is 0. The Hall–Kier alpha value is -2.89. The smallest absolute Gasteiger partial charge is 0.222 e. The lowest BCUT2D eigenvalue weighted by atomic mass is 9.88. The average molecular weight is 362 g/mol. The number of carbonyl (C=O) groups is 1. The van der Waals surface area contributed by atoms with Gasteiger partial charge in [0.2, 0.25) is 5.91 Å². The Kier molecular flexibility index (Phi) is 3.85. The molecule has 2 fully saturated rings. The molecule has 4 heterocycles. The molecular formula is C21H22N4O2. The highest BCUT2D eigenvalue weighted by atomic mass is 16.5. The first-order valence-electron chi connectivity index (χ1n) is 9.52. The van der Waals surface area contributed by atoms with Gasteiger partial charge in [0.15, 0.2) is 0 Å². The number of imidazole rings is 1. The zero-order valence-corrected chi connectivity index (χ0v) is 15.3. The molecular weight excluding hydrogens is 340 g/mol. The van der Waals surface area contributed by atoms with Gasteiger partial charge in [0.25, 0.3) is 0 Å². The first kappa shape index (κ1) is 16.3. The van der Waals surface area contributed by atoms with Gasteiger partial charge in [-0.2, -0.15) is 0 Å². The molecule has 27 heavy (non-hydrogen) atoms. The van der Waals surface area contributed by atoms with Gasteiger partial charge in [-0.15, -0.1) is 0 Å². The van der Waals surface area contributed by atoms with Crippen LogP contribution < -0.4 is 4.74 Å². The van der Waals surface area contributed by atoms with E-state index < -0.39 is 0 Å². The lowest BCUT2D eigenvalue weighted by molar-refractivity contribution is -0.133. The van der Waals surface area contributed by atoms with Crippen molar-refractivity contribution in [3.63, 3.8) is 0 Å². The molecule has 3 aromatic rings. The van der Waals surface area contributed by atoms with Crippen molar-refractivity contribution in [2.75, 3.05) is 6.54 Å². The number of fused-ring (bicyclic) bond motifs is 1. The Morgan fingerprint density at radius 3 is 2.85 bits per heavy atom. The maximum absolute atomic E-state index is 11.9. The summed E-state index contributed by atoms with van der Waals surface area (Å²) in [5.74, 6) is 1.13. The number of rotatable bonds is 4. The maximum Gasteiger partial charge on any atom is 0.222 e. The lowest BCUT2D eigenvalue weighted by Gasteiger charge is -2.41. The number of aromatic nitrogens is 3. The SMILES string of the molecule is Cc1c(OC2CC(N3CCCC3=O)C2)cncc1-c1ccc2cncn2c1. The van der Waals surface area contributed by atoms with Crippen molar-refractivity contribution < 1.29 is 9.53 Å². The van der Waals surface area contributed by atoms with Gasteiger partial charge >= 0.3 is 0 Å². The molecule has 0 spiro atoms. The molecule has 1 aliphatic heterocycles. The maximum atomic E-state index is 11.9. The molecule has 1 amide bonds. The van der Waals surface area contributed by atoms with E-state index in [9.17, 15) is 4.79 Å². The van der Waals surface area contributed by atoms with Crippen molar-refractivity contribution in [1.82, 2.24) is 19.3 Å². The third-order valence-corrected chi connectivity index (χ3v) is 5.80. The summed E-state index contributed by atoms with van der Waals surface area (Å²) in [5.41, 5.74) is 4.30. The van der Waals surface area contributed by atoms with Crippen LogP contribution in [0.2, 0.25) is 0 Å². The van der Waals surface area contributed by atoms with Gasteiger partial charge in [0.05, 0.1) is 24.2 Å². The van der Waals surface area contributed by atoms with E-state index in [0.717, 1.165) is 53.8 Å². The van der Waals surface area contributed by atoms with Crippen LogP contribution in [0.15, 0.2) is 43.2 Å². The van der Waals surface area contributed by atoms with Crippen molar-refractivity contribution in [2.45, 2.75) is 44.8 Å². The van der Waals surface area contributed by atoms with Crippen LogP contribution in [0, 0.1) is 6.92 Å². The number of hydrogen-bond acceptors (Lipinski definition) is 4. The number of hydrogen-bond donors (Lipinski definition) is 0. The number of likely N-dealkylation sites (tertiary alicyclic amines) is 1. The Balaban J connectivity index is 1.33. The predicted molar refractivity (Wildman–Crippen MR) is 102 cm³/mol. The van der Waals surface area contributed by atoms with Gasteiger partial charge in [-0.3, -0.25) is 9.78 Å². The molecule has 0 aromatic carbocycles. The zero-order chi connectivity index (χ0) is 18.4. The van der Waals surface area contributed by atoms with Crippen LogP contribution >= 0.6 is 0 Å². The lowest BCUT2D eigenvalue weighted by Crippen LogP contribution is -2.49. The van der Waals surface area contributed by atoms with Crippen molar-refractivity contribution in [3.8, 4) is 16.9 Å². The van der Waals surface area contributed by atoms with Gasteiger partial charge in [-0.25, -0.2) is 4.98 Å². The van der Waals surface area contributed by atoms with E-state index in [4.69, 9.17) is 4.74 Å². The molecule has 0 bridgehead atoms. The fourth-order valence-electron chi connectivity index (χ4n) is 4.12. The highest BCUT2D eigenvalue weighted by molar-refractivity contribution is 5.78. The fraction of sp³-hybridized carbons (Fsp3) is 0.381. The largest absolute Gasteiger partial charge is 0.488 e. The zero-order valence-electron chi connectivity index (χ0n) is 15.3. The fourth-order valence-corrected chi connectivity index (χ4v) is 4.12. The first-order valence-corrected chi connectivity index (χ1v) is 9.52. The van der Waals surface area contributed by atoms with Crippen LogP contribution in [-0.4, -0.2) is 43.9 Å². The Morgan fingerprint density at radius 2 is 2.04 bits per heavy atom. The van der Waals surface area contributed by atoms with Crippen LogP contribution in [0.5, 0.6) is 5.75 Å². The molecule has 6 heteroatoms. The second-order valence-electron chi connectivity index (χ2n) is 7.51. The van der Waals surface area contributed by atoms with E-state index in [-0.39, 0.29) is 6.10 Å². The first-order chi connectivity index (χ1) is 13.2. The van der Waals surface area contributed by atoms with Crippen LogP contribution in [-0.2, 0) is 4.79 Å². The average Bonchev–Trinajstić information content (AvgIpc) is 3.27. The highest BCUT2D eigenvalue weighted by Gasteiger charge is 2.39. The number of nitrogens with zero attached hydrogens (tertiary/aromatic N) is 4. The predicted octanol–water partition coefficient (Wildman–Crippen LogP) is 3.24. The summed E-state index contributed by atoms with van der Waals surface area (Å²) in [5, 5.41) is 0. The van der Waals surface area contributed by atoms with Gasteiger partial charge in [0, 0.05) is 60.9 Å². The molecule has 0 N–H and O–H groups in total. The quantitative estimate of drug-likeness (QED) is 0.715. The summed E-state index contributed by atoms with van der Waals surface area (Å²) in [6.45, 7) is 2.98. The van der Waals surface area contributed by atoms with Crippen molar-refractivity contribution >= 4 is 11.4 Å². The minimum atomic E-state index is 0.162. The summed E-state index contributed by atoms with van der Waals surface area (Å²) in [6.07, 6.45) is 13.1. The summed E-state index contributed by atoms with van der Waals surface area (Å²) < 4.78 is 8.23. The topological polar surface area (TPSA) is 59.7 Å². The van der Waals surface area contributed by atoms with E-state index in [1.165, 1.54) is 0 Å². The third-order valence-electron chi connectivity index (χ3n) is 5.80. The second kappa shape index (κ2) is 6.37. The molecule has 1 saturated carbocycles. The summed E-state index contributed by atoms with van der Waals surface area (Å²) in [4.78, 5) is 22.5. The molecule has 1 aliphatic carbocycles. The Labute approximate surface area is 157 Å².